The predicted octanol–water partition coefficient (Wildman–Crippen LogP) is -0.423. The normalized spacial score (nSPS) is 14.2. The molecular weight excluding hydrogens is 212 g/mol. The summed E-state index contributed by atoms with van der Waals surface area (Å²) in [5.74, 6) is -0.967. The maximum Gasteiger partial charge on any atom is 0.334 e. The van der Waals surface area contributed by atoms with Crippen molar-refractivity contribution in [1.29, 1.82) is 0 Å². The Labute approximate surface area is 95.1 Å². The highest BCUT2D eigenvalue weighted by molar-refractivity contribution is 5.78. The summed E-state index contributed by atoms with van der Waals surface area (Å²) in [5.41, 5.74) is 5.41. The first-order valence-corrected chi connectivity index (χ1v) is 5.23. The molecule has 0 bridgehead atoms. The lowest BCUT2D eigenvalue weighted by atomic mass is 10.1. The molecule has 0 aliphatic rings. The van der Waals surface area contributed by atoms with E-state index in [0.717, 1.165) is 0 Å². The summed E-state index contributed by atoms with van der Waals surface area (Å²) in [5, 5.41) is 11.2. The van der Waals surface area contributed by atoms with Crippen molar-refractivity contribution in [3.8, 4) is 0 Å². The van der Waals surface area contributed by atoms with Gasteiger partial charge in [0.25, 0.3) is 0 Å². The highest BCUT2D eigenvalue weighted by Crippen LogP contribution is 2.02. The Bertz CT molecular complexity index is 233. The van der Waals surface area contributed by atoms with E-state index in [1.165, 1.54) is 7.11 Å². The van der Waals surface area contributed by atoms with Crippen LogP contribution in [-0.2, 0) is 14.3 Å². The minimum atomic E-state index is -1.09. The molecule has 16 heavy (non-hydrogen) atoms. The Hall–Kier alpha value is -1.14. The average Bonchev–Trinajstić information content (AvgIpc) is 2.26. The summed E-state index contributed by atoms with van der Waals surface area (Å²) in [4.78, 5) is 21.9. The van der Waals surface area contributed by atoms with Crippen LogP contribution in [0.4, 0.5) is 0 Å². The number of aliphatic carboxylic acids is 1. The van der Waals surface area contributed by atoms with E-state index in [1.807, 2.05) is 6.92 Å². The molecule has 2 atom stereocenters. The number of hydrogen-bond acceptors (Lipinski definition) is 4. The second kappa shape index (κ2) is 8.06. The van der Waals surface area contributed by atoms with Crippen LogP contribution < -0.4 is 11.1 Å². The lowest BCUT2D eigenvalue weighted by Gasteiger charge is -2.12. The summed E-state index contributed by atoms with van der Waals surface area (Å²) < 4.78 is 4.67. The first kappa shape index (κ1) is 14.9. The summed E-state index contributed by atoms with van der Waals surface area (Å²) >= 11 is 0. The summed E-state index contributed by atoms with van der Waals surface area (Å²) in [7, 11) is 1.29. The van der Waals surface area contributed by atoms with Crippen LogP contribution in [0.5, 0.6) is 0 Å². The SMILES string of the molecule is COC(CNC(=O)CCC(C)CN)C(=O)O. The number of methoxy groups -OCH3 is 1. The molecule has 0 radical (unpaired) electrons. The third-order valence-corrected chi connectivity index (χ3v) is 2.31. The van der Waals surface area contributed by atoms with Gasteiger partial charge in [0.2, 0.25) is 5.91 Å². The molecule has 0 aliphatic carbocycles. The Kier molecular flexibility index (Phi) is 7.49. The smallest absolute Gasteiger partial charge is 0.334 e. The fourth-order valence-electron chi connectivity index (χ4n) is 1.06. The Morgan fingerprint density at radius 2 is 2.12 bits per heavy atom. The molecule has 0 rings (SSSR count). The van der Waals surface area contributed by atoms with E-state index >= 15 is 0 Å². The highest BCUT2D eigenvalue weighted by atomic mass is 16.5. The molecule has 4 N–H and O–H groups in total. The molecule has 0 fully saturated rings. The van der Waals surface area contributed by atoms with Crippen LogP contribution in [-0.4, -0.2) is 43.3 Å². The topological polar surface area (TPSA) is 102 Å². The number of nitrogens with one attached hydrogen (secondary N) is 1. The van der Waals surface area contributed by atoms with Gasteiger partial charge in [0.1, 0.15) is 0 Å². The minimum absolute atomic E-state index is 0.0122. The van der Waals surface area contributed by atoms with E-state index in [0.29, 0.717) is 25.3 Å². The second-order valence-corrected chi connectivity index (χ2v) is 3.75. The molecule has 1 amide bonds. The van der Waals surface area contributed by atoms with Gasteiger partial charge in [-0.3, -0.25) is 4.79 Å². The molecule has 0 aromatic rings. The summed E-state index contributed by atoms with van der Waals surface area (Å²) in [6, 6.07) is 0. The Balaban J connectivity index is 3.76. The number of carbonyl (C=O) groups is 2. The number of rotatable bonds is 8. The van der Waals surface area contributed by atoms with Crippen molar-refractivity contribution in [2.45, 2.75) is 25.9 Å². The lowest BCUT2D eigenvalue weighted by molar-refractivity contribution is -0.148. The van der Waals surface area contributed by atoms with E-state index in [1.54, 1.807) is 0 Å². The maximum absolute atomic E-state index is 11.3. The number of carbonyl (C=O) groups excluding carboxylic acids is 1. The average molecular weight is 232 g/mol. The van der Waals surface area contributed by atoms with Crippen molar-refractivity contribution in [1.82, 2.24) is 5.32 Å². The van der Waals surface area contributed by atoms with Crippen molar-refractivity contribution in [3.05, 3.63) is 0 Å². The number of nitrogens with two attached hydrogens (primary N) is 1. The standard InChI is InChI=1S/C10H20N2O4/c1-7(5-11)3-4-9(13)12-6-8(16-2)10(14)15/h7-8H,3-6,11H2,1-2H3,(H,12,13)(H,14,15). The van der Waals surface area contributed by atoms with E-state index in [4.69, 9.17) is 10.8 Å². The number of carboxylic acids is 1. The second-order valence-electron chi connectivity index (χ2n) is 3.75. The van der Waals surface area contributed by atoms with Gasteiger partial charge in [-0.15, -0.1) is 0 Å². The van der Waals surface area contributed by atoms with Gasteiger partial charge < -0.3 is 20.9 Å². The molecule has 6 heteroatoms. The van der Waals surface area contributed by atoms with E-state index in [-0.39, 0.29) is 12.5 Å². The van der Waals surface area contributed by atoms with Crippen LogP contribution in [0.2, 0.25) is 0 Å². The third-order valence-electron chi connectivity index (χ3n) is 2.31. The zero-order chi connectivity index (χ0) is 12.6. The lowest BCUT2D eigenvalue weighted by Crippen LogP contribution is -2.37. The van der Waals surface area contributed by atoms with Gasteiger partial charge >= 0.3 is 5.97 Å². The minimum Gasteiger partial charge on any atom is -0.479 e. The van der Waals surface area contributed by atoms with Gasteiger partial charge in [0, 0.05) is 13.5 Å². The number of hydrogen-bond donors (Lipinski definition) is 3. The van der Waals surface area contributed by atoms with Gasteiger partial charge in [-0.05, 0) is 18.9 Å². The molecule has 0 saturated heterocycles. The first-order chi connectivity index (χ1) is 7.51. The first-order valence-electron chi connectivity index (χ1n) is 5.23. The Morgan fingerprint density at radius 1 is 1.50 bits per heavy atom. The molecule has 94 valence electrons. The Morgan fingerprint density at radius 3 is 2.56 bits per heavy atom. The zero-order valence-electron chi connectivity index (χ0n) is 9.73. The van der Waals surface area contributed by atoms with Crippen LogP contribution in [0.1, 0.15) is 19.8 Å². The van der Waals surface area contributed by atoms with Crippen LogP contribution in [0.25, 0.3) is 0 Å². The van der Waals surface area contributed by atoms with Crippen LogP contribution in [0, 0.1) is 5.92 Å². The molecule has 0 aliphatic heterocycles. The van der Waals surface area contributed by atoms with Crippen molar-refractivity contribution < 1.29 is 19.4 Å². The molecule has 0 aromatic carbocycles. The maximum atomic E-state index is 11.3. The summed E-state index contributed by atoms with van der Waals surface area (Å²) in [6.45, 7) is 2.49. The molecule has 0 saturated carbocycles. The fraction of sp³-hybridized carbons (Fsp3) is 0.800. The zero-order valence-corrected chi connectivity index (χ0v) is 9.73. The fourth-order valence-corrected chi connectivity index (χ4v) is 1.06. The van der Waals surface area contributed by atoms with E-state index < -0.39 is 12.1 Å². The third kappa shape index (κ3) is 6.36. The van der Waals surface area contributed by atoms with E-state index in [2.05, 4.69) is 10.1 Å². The van der Waals surface area contributed by atoms with Gasteiger partial charge in [-0.1, -0.05) is 6.92 Å². The number of ether oxygens (including phenoxy) is 1. The van der Waals surface area contributed by atoms with Crippen LogP contribution in [0.3, 0.4) is 0 Å². The molecule has 0 heterocycles. The summed E-state index contributed by atoms with van der Waals surface area (Å²) in [6.07, 6.45) is 0.0671. The predicted molar refractivity (Wildman–Crippen MR) is 58.9 cm³/mol. The van der Waals surface area contributed by atoms with Crippen molar-refractivity contribution in [2.24, 2.45) is 11.7 Å². The number of carboxylic acid groups (broad SMARTS) is 1. The van der Waals surface area contributed by atoms with Crippen molar-refractivity contribution >= 4 is 11.9 Å². The molecule has 2 unspecified atom stereocenters. The number of amides is 1. The quantitative estimate of drug-likeness (QED) is 0.527. The van der Waals surface area contributed by atoms with Gasteiger partial charge in [-0.25, -0.2) is 4.79 Å². The monoisotopic (exact) mass is 232 g/mol. The van der Waals surface area contributed by atoms with Crippen molar-refractivity contribution in [2.75, 3.05) is 20.2 Å². The van der Waals surface area contributed by atoms with Gasteiger partial charge in [0.15, 0.2) is 6.10 Å². The van der Waals surface area contributed by atoms with E-state index in [9.17, 15) is 9.59 Å². The van der Waals surface area contributed by atoms with Gasteiger partial charge in [0.05, 0.1) is 6.54 Å². The largest absolute Gasteiger partial charge is 0.479 e. The molecular formula is C10H20N2O4. The van der Waals surface area contributed by atoms with Gasteiger partial charge in [-0.2, -0.15) is 0 Å². The van der Waals surface area contributed by atoms with Crippen molar-refractivity contribution in [3.63, 3.8) is 0 Å². The molecule has 0 aromatic heterocycles. The van der Waals surface area contributed by atoms with Crippen LogP contribution in [0.15, 0.2) is 0 Å². The highest BCUT2D eigenvalue weighted by Gasteiger charge is 2.17. The molecule has 6 nitrogen and oxygen atoms in total. The molecule has 0 spiro atoms. The van der Waals surface area contributed by atoms with Crippen LogP contribution >= 0.6 is 0 Å².